The molecule has 148 valence electrons. The van der Waals surface area contributed by atoms with Gasteiger partial charge in [0.2, 0.25) is 0 Å². The van der Waals surface area contributed by atoms with Crippen LogP contribution in [-0.2, 0) is 19.0 Å². The van der Waals surface area contributed by atoms with Gasteiger partial charge >= 0.3 is 6.18 Å². The van der Waals surface area contributed by atoms with Crippen molar-refractivity contribution in [3.05, 3.63) is 53.0 Å². The van der Waals surface area contributed by atoms with E-state index in [4.69, 9.17) is 0 Å². The molecular formula is C19H20F3N5S. The third kappa shape index (κ3) is 4.40. The molecule has 0 aliphatic carbocycles. The van der Waals surface area contributed by atoms with E-state index in [0.29, 0.717) is 13.0 Å². The second kappa shape index (κ2) is 7.98. The molecule has 1 unspecified atom stereocenters. The van der Waals surface area contributed by atoms with E-state index in [1.54, 1.807) is 11.8 Å². The lowest BCUT2D eigenvalue weighted by molar-refractivity contribution is -0.141. The molecule has 0 radical (unpaired) electrons. The first-order chi connectivity index (χ1) is 13.5. The van der Waals surface area contributed by atoms with Gasteiger partial charge in [0.05, 0.1) is 11.8 Å². The molecule has 2 aromatic rings. The molecule has 28 heavy (non-hydrogen) atoms. The minimum atomic E-state index is -4.39. The Morgan fingerprint density at radius 2 is 2.11 bits per heavy atom. The lowest BCUT2D eigenvalue weighted by Crippen LogP contribution is -2.20. The predicted molar refractivity (Wildman–Crippen MR) is 105 cm³/mol. The molecule has 4 heterocycles. The van der Waals surface area contributed by atoms with Crippen molar-refractivity contribution in [2.24, 2.45) is 4.99 Å². The number of amidine groups is 1. The first kappa shape index (κ1) is 19.0. The number of fused-ring (bicyclic) bond motifs is 1. The molecule has 0 aromatic carbocycles. The van der Waals surface area contributed by atoms with Gasteiger partial charge in [-0.1, -0.05) is 17.8 Å². The van der Waals surface area contributed by atoms with Crippen LogP contribution in [0, 0.1) is 0 Å². The maximum Gasteiger partial charge on any atom is 0.433 e. The van der Waals surface area contributed by atoms with E-state index in [9.17, 15) is 13.2 Å². The Labute approximate surface area is 165 Å². The SMILES string of the molecule is FC(F)(F)c1ccc(CCCNC2=NCC(c3cnc4c(c3)CCN4)S2)cn1. The minimum absolute atomic E-state index is 0.278. The van der Waals surface area contributed by atoms with Crippen LogP contribution in [0.15, 0.2) is 35.6 Å². The highest BCUT2D eigenvalue weighted by molar-refractivity contribution is 8.14. The standard InChI is InChI=1S/C19H20F3N5S/c20-19(21,22)16-4-3-12(9-25-16)2-1-6-24-18-27-11-15(28-18)14-8-13-5-7-23-17(13)26-10-14/h3-4,8-10,15H,1-2,5-7,11H2,(H,23,26)(H,24,27). The number of anilines is 1. The normalized spacial score (nSPS) is 18.5. The van der Waals surface area contributed by atoms with Crippen molar-refractivity contribution >= 4 is 22.7 Å². The van der Waals surface area contributed by atoms with Gasteiger partial charge in [0.1, 0.15) is 11.5 Å². The molecule has 9 heteroatoms. The van der Waals surface area contributed by atoms with E-state index in [2.05, 4.69) is 31.7 Å². The zero-order valence-corrected chi connectivity index (χ0v) is 15.9. The van der Waals surface area contributed by atoms with Crippen LogP contribution in [0.1, 0.15) is 34.1 Å². The van der Waals surface area contributed by atoms with Gasteiger partial charge in [-0.05, 0) is 48.1 Å². The largest absolute Gasteiger partial charge is 0.433 e. The molecule has 1 atom stereocenters. The highest BCUT2D eigenvalue weighted by Gasteiger charge is 2.32. The maximum atomic E-state index is 12.5. The van der Waals surface area contributed by atoms with Crippen LogP contribution in [0.4, 0.5) is 19.0 Å². The smallest absolute Gasteiger partial charge is 0.370 e. The number of aromatic nitrogens is 2. The maximum absolute atomic E-state index is 12.5. The predicted octanol–water partition coefficient (Wildman–Crippen LogP) is 3.83. The van der Waals surface area contributed by atoms with Gasteiger partial charge in [-0.15, -0.1) is 0 Å². The number of alkyl halides is 3. The van der Waals surface area contributed by atoms with Crippen LogP contribution in [-0.4, -0.2) is 34.8 Å². The van der Waals surface area contributed by atoms with E-state index in [-0.39, 0.29) is 5.25 Å². The highest BCUT2D eigenvalue weighted by atomic mass is 32.2. The molecule has 0 saturated carbocycles. The molecule has 2 aromatic heterocycles. The second-order valence-corrected chi connectivity index (χ2v) is 7.98. The first-order valence-electron chi connectivity index (χ1n) is 9.19. The zero-order valence-electron chi connectivity index (χ0n) is 15.1. The van der Waals surface area contributed by atoms with E-state index >= 15 is 0 Å². The summed E-state index contributed by atoms with van der Waals surface area (Å²) in [5, 5.41) is 7.77. The van der Waals surface area contributed by atoms with Crippen molar-refractivity contribution in [3.8, 4) is 0 Å². The molecule has 2 aliphatic heterocycles. The fourth-order valence-electron chi connectivity index (χ4n) is 3.24. The summed E-state index contributed by atoms with van der Waals surface area (Å²) < 4.78 is 37.6. The first-order valence-corrected chi connectivity index (χ1v) is 10.1. The fourth-order valence-corrected chi connectivity index (χ4v) is 4.26. The van der Waals surface area contributed by atoms with Crippen molar-refractivity contribution in [3.63, 3.8) is 0 Å². The molecule has 0 spiro atoms. The Balaban J connectivity index is 1.21. The van der Waals surface area contributed by atoms with Crippen molar-refractivity contribution in [1.82, 2.24) is 15.3 Å². The van der Waals surface area contributed by atoms with Gasteiger partial charge < -0.3 is 10.6 Å². The number of aliphatic imine (C=N–C) groups is 1. The van der Waals surface area contributed by atoms with Gasteiger partial charge in [0.15, 0.2) is 5.17 Å². The van der Waals surface area contributed by atoms with E-state index in [1.807, 2.05) is 6.20 Å². The van der Waals surface area contributed by atoms with Gasteiger partial charge in [-0.25, -0.2) is 4.98 Å². The van der Waals surface area contributed by atoms with Gasteiger partial charge in [-0.3, -0.25) is 9.98 Å². The molecule has 0 saturated heterocycles. The number of nitrogens with one attached hydrogen (secondary N) is 2. The Morgan fingerprint density at radius 3 is 2.89 bits per heavy atom. The minimum Gasteiger partial charge on any atom is -0.370 e. The van der Waals surface area contributed by atoms with Crippen LogP contribution in [0.2, 0.25) is 0 Å². The Kier molecular flexibility index (Phi) is 5.43. The van der Waals surface area contributed by atoms with E-state index in [0.717, 1.165) is 48.5 Å². The number of thioether (sulfide) groups is 1. The van der Waals surface area contributed by atoms with Crippen molar-refractivity contribution in [1.29, 1.82) is 0 Å². The summed E-state index contributed by atoms with van der Waals surface area (Å²) in [7, 11) is 0. The van der Waals surface area contributed by atoms with Gasteiger partial charge in [0.25, 0.3) is 0 Å². The Hall–Kier alpha value is -2.29. The molecule has 2 N–H and O–H groups in total. The summed E-state index contributed by atoms with van der Waals surface area (Å²) in [5.41, 5.74) is 2.41. The molecular weight excluding hydrogens is 387 g/mol. The average Bonchev–Trinajstić information content (AvgIpc) is 3.33. The van der Waals surface area contributed by atoms with Crippen LogP contribution in [0.3, 0.4) is 0 Å². The monoisotopic (exact) mass is 407 g/mol. The Morgan fingerprint density at radius 1 is 1.21 bits per heavy atom. The van der Waals surface area contributed by atoms with Crippen molar-refractivity contribution < 1.29 is 13.2 Å². The van der Waals surface area contributed by atoms with E-state index < -0.39 is 11.9 Å². The summed E-state index contributed by atoms with van der Waals surface area (Å²) in [4.78, 5) is 12.5. The number of rotatable bonds is 5. The molecule has 0 bridgehead atoms. The van der Waals surface area contributed by atoms with Gasteiger partial charge in [-0.2, -0.15) is 13.2 Å². The number of hydrogen-bond acceptors (Lipinski definition) is 6. The lowest BCUT2D eigenvalue weighted by atomic mass is 10.1. The number of halogens is 3. The summed E-state index contributed by atoms with van der Waals surface area (Å²) in [5.74, 6) is 0.990. The molecule has 4 rings (SSSR count). The topological polar surface area (TPSA) is 62.2 Å². The second-order valence-electron chi connectivity index (χ2n) is 6.79. The molecule has 2 aliphatic rings. The van der Waals surface area contributed by atoms with Crippen molar-refractivity contribution in [2.45, 2.75) is 30.7 Å². The van der Waals surface area contributed by atoms with Crippen LogP contribution in [0.5, 0.6) is 0 Å². The van der Waals surface area contributed by atoms with Crippen LogP contribution < -0.4 is 10.6 Å². The van der Waals surface area contributed by atoms with Crippen molar-refractivity contribution in [2.75, 3.05) is 25.0 Å². The Bertz CT molecular complexity index is 867. The molecule has 0 amide bonds. The van der Waals surface area contributed by atoms with Crippen LogP contribution >= 0.6 is 11.8 Å². The fraction of sp³-hybridized carbons (Fsp3) is 0.421. The third-order valence-corrected chi connectivity index (χ3v) is 5.94. The number of hydrogen-bond donors (Lipinski definition) is 2. The van der Waals surface area contributed by atoms with Crippen LogP contribution in [0.25, 0.3) is 0 Å². The number of aryl methyl sites for hydroxylation is 1. The molecule has 5 nitrogen and oxygen atoms in total. The summed E-state index contributed by atoms with van der Waals surface area (Å²) in [6.45, 7) is 2.39. The number of pyridine rings is 2. The summed E-state index contributed by atoms with van der Waals surface area (Å²) >= 11 is 1.70. The lowest BCUT2D eigenvalue weighted by Gasteiger charge is -2.11. The number of nitrogens with zero attached hydrogens (tertiary/aromatic N) is 3. The zero-order chi connectivity index (χ0) is 19.6. The average molecular weight is 407 g/mol. The summed E-state index contributed by atoms with van der Waals surface area (Å²) in [6, 6.07) is 4.74. The third-order valence-electron chi connectivity index (χ3n) is 4.73. The summed E-state index contributed by atoms with van der Waals surface area (Å²) in [6.07, 6.45) is 1.31. The highest BCUT2D eigenvalue weighted by Crippen LogP contribution is 2.36. The molecule has 0 fully saturated rings. The van der Waals surface area contributed by atoms with E-state index in [1.165, 1.54) is 23.4 Å². The van der Waals surface area contributed by atoms with Gasteiger partial charge in [0, 0.05) is 25.5 Å². The quantitative estimate of drug-likeness (QED) is 0.738.